The first-order valence-electron chi connectivity index (χ1n) is 6.18. The van der Waals surface area contributed by atoms with Crippen molar-refractivity contribution in [2.24, 2.45) is 7.05 Å². The number of nitrogens with zero attached hydrogens (tertiary/aromatic N) is 3. The van der Waals surface area contributed by atoms with Crippen LogP contribution in [0.2, 0.25) is 0 Å². The van der Waals surface area contributed by atoms with Crippen LogP contribution in [0.4, 0.5) is 5.69 Å². The standard InChI is InChI=1S/C12H22N4/c1-4-16-7-5-11(6-8-16)13-12-9-15(3)14-10(12)2/h9,11,13H,4-8H2,1-3H3. The molecule has 16 heavy (non-hydrogen) atoms. The van der Waals surface area contributed by atoms with Crippen LogP contribution >= 0.6 is 0 Å². The summed E-state index contributed by atoms with van der Waals surface area (Å²) in [6, 6.07) is 0.616. The highest BCUT2D eigenvalue weighted by Crippen LogP contribution is 2.18. The second-order valence-corrected chi connectivity index (χ2v) is 4.65. The molecule has 0 spiro atoms. The summed E-state index contributed by atoms with van der Waals surface area (Å²) in [5.41, 5.74) is 2.29. The maximum atomic E-state index is 4.35. The number of hydrogen-bond acceptors (Lipinski definition) is 3. The van der Waals surface area contributed by atoms with Gasteiger partial charge < -0.3 is 10.2 Å². The molecule has 1 saturated heterocycles. The van der Waals surface area contributed by atoms with Gasteiger partial charge in [-0.05, 0) is 26.3 Å². The van der Waals surface area contributed by atoms with Crippen molar-refractivity contribution in [2.75, 3.05) is 25.0 Å². The molecule has 4 nitrogen and oxygen atoms in total. The van der Waals surface area contributed by atoms with Crippen LogP contribution in [0.15, 0.2) is 6.20 Å². The van der Waals surface area contributed by atoms with E-state index >= 15 is 0 Å². The quantitative estimate of drug-likeness (QED) is 0.843. The summed E-state index contributed by atoms with van der Waals surface area (Å²) in [6.45, 7) is 7.90. The molecule has 0 aliphatic carbocycles. The van der Waals surface area contributed by atoms with Gasteiger partial charge in [0.1, 0.15) is 0 Å². The van der Waals surface area contributed by atoms with E-state index in [4.69, 9.17) is 0 Å². The number of rotatable bonds is 3. The lowest BCUT2D eigenvalue weighted by atomic mass is 10.0. The smallest absolute Gasteiger partial charge is 0.0825 e. The largest absolute Gasteiger partial charge is 0.379 e. The van der Waals surface area contributed by atoms with Crippen molar-refractivity contribution in [2.45, 2.75) is 32.7 Å². The fraction of sp³-hybridized carbons (Fsp3) is 0.750. The first-order valence-corrected chi connectivity index (χ1v) is 6.18. The number of aromatic nitrogens is 2. The summed E-state index contributed by atoms with van der Waals surface area (Å²) in [6.07, 6.45) is 4.55. The fourth-order valence-corrected chi connectivity index (χ4v) is 2.35. The van der Waals surface area contributed by atoms with Crippen LogP contribution in [0, 0.1) is 6.92 Å². The molecule has 0 saturated carbocycles. The van der Waals surface area contributed by atoms with Gasteiger partial charge in [0.15, 0.2) is 0 Å². The minimum atomic E-state index is 0.616. The molecule has 1 N–H and O–H groups in total. The van der Waals surface area contributed by atoms with E-state index in [1.807, 2.05) is 11.7 Å². The van der Waals surface area contributed by atoms with Crippen LogP contribution in [0.25, 0.3) is 0 Å². The molecular weight excluding hydrogens is 200 g/mol. The normalized spacial score (nSPS) is 18.9. The molecule has 2 rings (SSSR count). The van der Waals surface area contributed by atoms with Gasteiger partial charge in [0.2, 0.25) is 0 Å². The van der Waals surface area contributed by atoms with Crippen LogP contribution in [0.3, 0.4) is 0 Å². The average molecular weight is 222 g/mol. The molecule has 0 radical (unpaired) electrons. The van der Waals surface area contributed by atoms with Gasteiger partial charge in [-0.2, -0.15) is 5.10 Å². The third kappa shape index (κ3) is 2.55. The fourth-order valence-electron chi connectivity index (χ4n) is 2.35. The lowest BCUT2D eigenvalue weighted by molar-refractivity contribution is 0.229. The van der Waals surface area contributed by atoms with E-state index in [0.29, 0.717) is 6.04 Å². The van der Waals surface area contributed by atoms with E-state index in [1.54, 1.807) is 0 Å². The van der Waals surface area contributed by atoms with E-state index in [1.165, 1.54) is 38.2 Å². The van der Waals surface area contributed by atoms with E-state index < -0.39 is 0 Å². The molecule has 1 aliphatic heterocycles. The second kappa shape index (κ2) is 4.87. The third-order valence-corrected chi connectivity index (χ3v) is 3.41. The zero-order valence-corrected chi connectivity index (χ0v) is 10.5. The topological polar surface area (TPSA) is 33.1 Å². The highest BCUT2D eigenvalue weighted by Gasteiger charge is 2.18. The molecule has 0 bridgehead atoms. The Balaban J connectivity index is 1.89. The summed E-state index contributed by atoms with van der Waals surface area (Å²) in [7, 11) is 1.97. The monoisotopic (exact) mass is 222 g/mol. The summed E-state index contributed by atoms with van der Waals surface area (Å²) < 4.78 is 1.87. The van der Waals surface area contributed by atoms with Crippen LogP contribution in [0.1, 0.15) is 25.5 Å². The van der Waals surface area contributed by atoms with Gasteiger partial charge in [-0.25, -0.2) is 0 Å². The zero-order valence-electron chi connectivity index (χ0n) is 10.5. The Kier molecular flexibility index (Phi) is 3.49. The predicted molar refractivity (Wildman–Crippen MR) is 66.7 cm³/mol. The molecule has 2 heterocycles. The minimum Gasteiger partial charge on any atom is -0.379 e. The van der Waals surface area contributed by atoms with Crippen LogP contribution in [0.5, 0.6) is 0 Å². The predicted octanol–water partition coefficient (Wildman–Crippen LogP) is 1.62. The maximum Gasteiger partial charge on any atom is 0.0825 e. The Morgan fingerprint density at radius 1 is 1.44 bits per heavy atom. The van der Waals surface area contributed by atoms with Crippen molar-refractivity contribution in [3.63, 3.8) is 0 Å². The number of nitrogens with one attached hydrogen (secondary N) is 1. The maximum absolute atomic E-state index is 4.35. The van der Waals surface area contributed by atoms with Gasteiger partial charge in [0.05, 0.1) is 11.4 Å². The van der Waals surface area contributed by atoms with Gasteiger partial charge >= 0.3 is 0 Å². The van der Waals surface area contributed by atoms with Gasteiger partial charge in [0.25, 0.3) is 0 Å². The van der Waals surface area contributed by atoms with Gasteiger partial charge in [-0.3, -0.25) is 4.68 Å². The van der Waals surface area contributed by atoms with E-state index in [9.17, 15) is 0 Å². The Labute approximate surface area is 97.6 Å². The molecular formula is C12H22N4. The molecule has 1 aromatic heterocycles. The summed E-state index contributed by atoms with van der Waals surface area (Å²) in [5.74, 6) is 0. The number of anilines is 1. The van der Waals surface area contributed by atoms with Crippen LogP contribution in [-0.4, -0.2) is 40.4 Å². The Bertz CT molecular complexity index is 337. The number of hydrogen-bond donors (Lipinski definition) is 1. The lowest BCUT2D eigenvalue weighted by Gasteiger charge is -2.31. The summed E-state index contributed by atoms with van der Waals surface area (Å²) in [4.78, 5) is 2.51. The van der Waals surface area contributed by atoms with E-state index in [2.05, 4.69) is 35.4 Å². The molecule has 90 valence electrons. The Hall–Kier alpha value is -1.03. The lowest BCUT2D eigenvalue weighted by Crippen LogP contribution is -2.38. The van der Waals surface area contributed by atoms with Gasteiger partial charge in [0, 0.05) is 32.4 Å². The van der Waals surface area contributed by atoms with Crippen molar-refractivity contribution >= 4 is 5.69 Å². The summed E-state index contributed by atoms with van der Waals surface area (Å²) in [5, 5.41) is 7.96. The Morgan fingerprint density at radius 3 is 2.62 bits per heavy atom. The highest BCUT2D eigenvalue weighted by molar-refractivity contribution is 5.46. The zero-order chi connectivity index (χ0) is 11.5. The van der Waals surface area contributed by atoms with E-state index in [-0.39, 0.29) is 0 Å². The van der Waals surface area contributed by atoms with Crippen molar-refractivity contribution in [3.05, 3.63) is 11.9 Å². The highest BCUT2D eigenvalue weighted by atomic mass is 15.3. The molecule has 0 amide bonds. The van der Waals surface area contributed by atoms with Crippen molar-refractivity contribution in [1.29, 1.82) is 0 Å². The summed E-state index contributed by atoms with van der Waals surface area (Å²) >= 11 is 0. The molecule has 1 aromatic rings. The SMILES string of the molecule is CCN1CCC(Nc2cn(C)nc2C)CC1. The number of aryl methyl sites for hydroxylation is 2. The van der Waals surface area contributed by atoms with Crippen molar-refractivity contribution < 1.29 is 0 Å². The first kappa shape index (κ1) is 11.5. The molecule has 4 heteroatoms. The molecule has 1 fully saturated rings. The molecule has 0 unspecified atom stereocenters. The minimum absolute atomic E-state index is 0.616. The van der Waals surface area contributed by atoms with Crippen LogP contribution in [-0.2, 0) is 7.05 Å². The molecule has 0 atom stereocenters. The van der Waals surface area contributed by atoms with Crippen LogP contribution < -0.4 is 5.32 Å². The van der Waals surface area contributed by atoms with Gasteiger partial charge in [-0.15, -0.1) is 0 Å². The van der Waals surface area contributed by atoms with Crippen molar-refractivity contribution in [1.82, 2.24) is 14.7 Å². The number of piperidine rings is 1. The van der Waals surface area contributed by atoms with Crippen molar-refractivity contribution in [3.8, 4) is 0 Å². The van der Waals surface area contributed by atoms with Gasteiger partial charge in [-0.1, -0.05) is 6.92 Å². The average Bonchev–Trinajstić information content (AvgIpc) is 2.59. The Morgan fingerprint density at radius 2 is 2.12 bits per heavy atom. The third-order valence-electron chi connectivity index (χ3n) is 3.41. The number of likely N-dealkylation sites (tertiary alicyclic amines) is 1. The molecule has 0 aromatic carbocycles. The first-order chi connectivity index (χ1) is 7.69. The second-order valence-electron chi connectivity index (χ2n) is 4.65. The van der Waals surface area contributed by atoms with E-state index in [0.717, 1.165) is 5.69 Å². The molecule has 1 aliphatic rings.